The molecule has 0 unspecified atom stereocenters. The van der Waals surface area contributed by atoms with E-state index in [4.69, 9.17) is 4.74 Å². The Bertz CT molecular complexity index is 856. The highest BCUT2D eigenvalue weighted by molar-refractivity contribution is 8.15. The Hall–Kier alpha value is -2.84. The molecule has 0 saturated carbocycles. The van der Waals surface area contributed by atoms with Crippen molar-refractivity contribution in [1.29, 1.82) is 0 Å². The lowest BCUT2D eigenvalue weighted by molar-refractivity contribution is -0.128. The van der Waals surface area contributed by atoms with Crippen molar-refractivity contribution in [2.75, 3.05) is 25.6 Å². The minimum absolute atomic E-state index is 0.0191. The number of nitrogens with zero attached hydrogens (tertiary/aromatic N) is 2. The lowest BCUT2D eigenvalue weighted by atomic mass is 10.2. The summed E-state index contributed by atoms with van der Waals surface area (Å²) in [5, 5.41) is 12.0. The standard InChI is InChI=1S/C20H21N3O4S/c1-27-16-9-7-15(8-10-16)21-18(25)13-17-19(26)23(11-12-24)20(28-17)22-14-5-3-2-4-6-14/h2-10,17,24H,11-13H2,1H3,(H,21,25)/t17-/m0/s1. The van der Waals surface area contributed by atoms with Crippen molar-refractivity contribution >= 4 is 40.1 Å². The third-order valence-corrected chi connectivity index (χ3v) is 5.24. The first kappa shape index (κ1) is 19.9. The van der Waals surface area contributed by atoms with Gasteiger partial charge in [0.15, 0.2) is 5.17 Å². The normalized spacial score (nSPS) is 17.8. The van der Waals surface area contributed by atoms with E-state index in [1.165, 1.54) is 16.7 Å². The monoisotopic (exact) mass is 399 g/mol. The van der Waals surface area contributed by atoms with Crippen LogP contribution in [0.4, 0.5) is 11.4 Å². The molecule has 7 nitrogen and oxygen atoms in total. The van der Waals surface area contributed by atoms with Gasteiger partial charge in [-0.25, -0.2) is 4.99 Å². The fourth-order valence-electron chi connectivity index (χ4n) is 2.70. The number of aliphatic imine (C=N–C) groups is 1. The van der Waals surface area contributed by atoms with Crippen molar-refractivity contribution in [2.45, 2.75) is 11.7 Å². The molecule has 2 N–H and O–H groups in total. The molecule has 0 spiro atoms. The third kappa shape index (κ3) is 4.90. The smallest absolute Gasteiger partial charge is 0.242 e. The summed E-state index contributed by atoms with van der Waals surface area (Å²) in [5.41, 5.74) is 1.34. The van der Waals surface area contributed by atoms with Crippen LogP contribution in [0.1, 0.15) is 6.42 Å². The molecule has 1 fully saturated rings. The molecule has 0 bridgehead atoms. The number of rotatable bonds is 7. The fraction of sp³-hybridized carbons (Fsp3) is 0.250. The Morgan fingerprint density at radius 1 is 1.21 bits per heavy atom. The number of carbonyl (C=O) groups excluding carboxylic acids is 2. The van der Waals surface area contributed by atoms with E-state index in [0.717, 1.165) is 0 Å². The zero-order valence-electron chi connectivity index (χ0n) is 15.4. The van der Waals surface area contributed by atoms with Crippen molar-refractivity contribution in [3.8, 4) is 5.75 Å². The van der Waals surface area contributed by atoms with Crippen LogP contribution in [0, 0.1) is 0 Å². The van der Waals surface area contributed by atoms with Gasteiger partial charge in [0, 0.05) is 12.1 Å². The summed E-state index contributed by atoms with van der Waals surface area (Å²) in [6.45, 7) is -0.0288. The second-order valence-electron chi connectivity index (χ2n) is 6.03. The number of nitrogens with one attached hydrogen (secondary N) is 1. The van der Waals surface area contributed by atoms with Crippen LogP contribution in [0.5, 0.6) is 5.75 Å². The molecule has 1 aliphatic heterocycles. The molecule has 146 valence electrons. The molecule has 0 aliphatic carbocycles. The van der Waals surface area contributed by atoms with Crippen LogP contribution in [-0.4, -0.2) is 52.5 Å². The zero-order valence-corrected chi connectivity index (χ0v) is 16.2. The molecule has 2 aromatic rings. The Labute approximate surface area is 167 Å². The number of aliphatic hydroxyl groups is 1. The number of carbonyl (C=O) groups is 2. The van der Waals surface area contributed by atoms with E-state index in [-0.39, 0.29) is 31.4 Å². The molecular formula is C20H21N3O4S. The number of hydrogen-bond donors (Lipinski definition) is 2. The molecule has 1 saturated heterocycles. The fourth-order valence-corrected chi connectivity index (χ4v) is 3.88. The highest BCUT2D eigenvalue weighted by atomic mass is 32.2. The highest BCUT2D eigenvalue weighted by Crippen LogP contribution is 2.31. The van der Waals surface area contributed by atoms with E-state index < -0.39 is 5.25 Å². The minimum atomic E-state index is -0.577. The third-order valence-electron chi connectivity index (χ3n) is 4.07. The van der Waals surface area contributed by atoms with Crippen LogP contribution in [-0.2, 0) is 9.59 Å². The van der Waals surface area contributed by atoms with E-state index >= 15 is 0 Å². The van der Waals surface area contributed by atoms with Gasteiger partial charge in [0.05, 0.1) is 25.9 Å². The molecule has 0 aromatic heterocycles. The highest BCUT2D eigenvalue weighted by Gasteiger charge is 2.38. The van der Waals surface area contributed by atoms with Gasteiger partial charge in [0.25, 0.3) is 0 Å². The predicted octanol–water partition coefficient (Wildman–Crippen LogP) is 2.65. The summed E-state index contributed by atoms with van der Waals surface area (Å²) in [5.74, 6) is 0.209. The maximum Gasteiger partial charge on any atom is 0.242 e. The van der Waals surface area contributed by atoms with Crippen molar-refractivity contribution < 1.29 is 19.4 Å². The second-order valence-corrected chi connectivity index (χ2v) is 7.20. The predicted molar refractivity (Wildman–Crippen MR) is 110 cm³/mol. The number of thioether (sulfide) groups is 1. The van der Waals surface area contributed by atoms with Crippen LogP contribution in [0.3, 0.4) is 0 Å². The number of anilines is 1. The molecule has 3 rings (SSSR count). The summed E-state index contributed by atoms with van der Waals surface area (Å²) in [4.78, 5) is 31.0. The number of benzene rings is 2. The zero-order chi connectivity index (χ0) is 19.9. The average molecular weight is 399 g/mol. The van der Waals surface area contributed by atoms with Gasteiger partial charge in [0.1, 0.15) is 11.0 Å². The summed E-state index contributed by atoms with van der Waals surface area (Å²) < 4.78 is 5.09. The molecule has 2 aromatic carbocycles. The Balaban J connectivity index is 1.68. The Kier molecular flexibility index (Phi) is 6.67. The lowest BCUT2D eigenvalue weighted by Crippen LogP contribution is -2.35. The van der Waals surface area contributed by atoms with Gasteiger partial charge in [-0.1, -0.05) is 30.0 Å². The first-order valence-electron chi connectivity index (χ1n) is 8.77. The number of amides is 2. The van der Waals surface area contributed by atoms with Gasteiger partial charge >= 0.3 is 0 Å². The number of amidine groups is 1. The van der Waals surface area contributed by atoms with Crippen molar-refractivity contribution in [3.05, 3.63) is 54.6 Å². The maximum absolute atomic E-state index is 12.7. The molecular weight excluding hydrogens is 378 g/mol. The Morgan fingerprint density at radius 3 is 2.57 bits per heavy atom. The van der Waals surface area contributed by atoms with Gasteiger partial charge in [-0.2, -0.15) is 0 Å². The first-order chi connectivity index (χ1) is 13.6. The Morgan fingerprint density at radius 2 is 1.93 bits per heavy atom. The summed E-state index contributed by atoms with van der Waals surface area (Å²) in [7, 11) is 1.57. The number of methoxy groups -OCH3 is 1. The summed E-state index contributed by atoms with van der Waals surface area (Å²) in [6, 6.07) is 16.2. The van der Waals surface area contributed by atoms with Crippen LogP contribution in [0.25, 0.3) is 0 Å². The average Bonchev–Trinajstić information content (AvgIpc) is 2.98. The summed E-state index contributed by atoms with van der Waals surface area (Å²) >= 11 is 1.24. The van der Waals surface area contributed by atoms with E-state index in [1.54, 1.807) is 31.4 Å². The number of para-hydroxylation sites is 1. The van der Waals surface area contributed by atoms with Gasteiger partial charge in [0.2, 0.25) is 11.8 Å². The molecule has 1 heterocycles. The minimum Gasteiger partial charge on any atom is -0.497 e. The number of aliphatic hydroxyl groups excluding tert-OH is 1. The van der Waals surface area contributed by atoms with Crippen LogP contribution in [0.2, 0.25) is 0 Å². The topological polar surface area (TPSA) is 91.2 Å². The largest absolute Gasteiger partial charge is 0.497 e. The molecule has 0 radical (unpaired) electrons. The van der Waals surface area contributed by atoms with Crippen LogP contribution in [0.15, 0.2) is 59.6 Å². The number of ether oxygens (including phenoxy) is 1. The summed E-state index contributed by atoms with van der Waals surface area (Å²) in [6.07, 6.45) is 0.0191. The van der Waals surface area contributed by atoms with Crippen molar-refractivity contribution in [1.82, 2.24) is 4.90 Å². The molecule has 1 atom stereocenters. The first-order valence-corrected chi connectivity index (χ1v) is 9.65. The molecule has 2 amide bonds. The van der Waals surface area contributed by atoms with Gasteiger partial charge < -0.3 is 15.2 Å². The van der Waals surface area contributed by atoms with Gasteiger partial charge in [-0.15, -0.1) is 0 Å². The molecule has 28 heavy (non-hydrogen) atoms. The van der Waals surface area contributed by atoms with Crippen LogP contribution < -0.4 is 10.1 Å². The van der Waals surface area contributed by atoms with Crippen molar-refractivity contribution in [3.63, 3.8) is 0 Å². The molecule has 8 heteroatoms. The molecule has 1 aliphatic rings. The quantitative estimate of drug-likeness (QED) is 0.747. The lowest BCUT2D eigenvalue weighted by Gasteiger charge is -2.14. The van der Waals surface area contributed by atoms with Crippen LogP contribution >= 0.6 is 11.8 Å². The van der Waals surface area contributed by atoms with Gasteiger partial charge in [-0.05, 0) is 36.4 Å². The van der Waals surface area contributed by atoms with E-state index in [1.807, 2.05) is 30.3 Å². The van der Waals surface area contributed by atoms with E-state index in [0.29, 0.717) is 22.3 Å². The maximum atomic E-state index is 12.7. The number of hydrogen-bond acceptors (Lipinski definition) is 6. The van der Waals surface area contributed by atoms with Gasteiger partial charge in [-0.3, -0.25) is 14.5 Å². The van der Waals surface area contributed by atoms with E-state index in [2.05, 4.69) is 10.3 Å². The number of β-amino-alcohol motifs (C(OH)–C–C–N with tert-alkyl or cyclic N) is 1. The van der Waals surface area contributed by atoms with E-state index in [9.17, 15) is 14.7 Å². The second kappa shape index (κ2) is 9.38. The SMILES string of the molecule is COc1ccc(NC(=O)C[C@@H]2SC(=Nc3ccccc3)N(CCO)C2=O)cc1. The van der Waals surface area contributed by atoms with Crippen molar-refractivity contribution in [2.24, 2.45) is 4.99 Å².